The van der Waals surface area contributed by atoms with Gasteiger partial charge in [-0.1, -0.05) is 12.1 Å². The first-order chi connectivity index (χ1) is 12.6. The van der Waals surface area contributed by atoms with E-state index in [1.54, 1.807) is 6.07 Å². The molecule has 1 saturated heterocycles. The number of likely N-dealkylation sites (N-methyl/N-ethyl adjacent to an activating group) is 1. The SMILES string of the molecule is CNC1CN(c2cc(CNCc3cccc(C(=O)OC)c3)nc(N)n2)C1. The van der Waals surface area contributed by atoms with Crippen LogP contribution in [0.3, 0.4) is 0 Å². The molecule has 0 unspecified atom stereocenters. The van der Waals surface area contributed by atoms with Crippen molar-refractivity contribution in [1.82, 2.24) is 20.6 Å². The minimum absolute atomic E-state index is 0.278. The van der Waals surface area contributed by atoms with Crippen molar-refractivity contribution in [3.63, 3.8) is 0 Å². The number of nitrogens with one attached hydrogen (secondary N) is 2. The molecule has 4 N–H and O–H groups in total. The second kappa shape index (κ2) is 8.11. The van der Waals surface area contributed by atoms with Crippen LogP contribution in [-0.4, -0.2) is 49.2 Å². The fraction of sp³-hybridized carbons (Fsp3) is 0.389. The molecule has 1 aliphatic rings. The summed E-state index contributed by atoms with van der Waals surface area (Å²) in [6.45, 7) is 3.00. The fourth-order valence-corrected chi connectivity index (χ4v) is 2.86. The van der Waals surface area contributed by atoms with Gasteiger partial charge in [0.25, 0.3) is 0 Å². The number of rotatable bonds is 7. The molecule has 2 aromatic rings. The highest BCUT2D eigenvalue weighted by Gasteiger charge is 2.26. The van der Waals surface area contributed by atoms with Crippen LogP contribution in [0, 0.1) is 0 Å². The number of nitrogens with two attached hydrogens (primary N) is 1. The maximum Gasteiger partial charge on any atom is 0.337 e. The van der Waals surface area contributed by atoms with Gasteiger partial charge in [0.2, 0.25) is 5.95 Å². The van der Waals surface area contributed by atoms with E-state index in [0.29, 0.717) is 24.7 Å². The molecule has 0 amide bonds. The number of hydrogen-bond acceptors (Lipinski definition) is 8. The first-order valence-corrected chi connectivity index (χ1v) is 8.52. The van der Waals surface area contributed by atoms with Crippen LogP contribution in [0.15, 0.2) is 30.3 Å². The molecule has 1 aromatic heterocycles. The highest BCUT2D eigenvalue weighted by Crippen LogP contribution is 2.20. The van der Waals surface area contributed by atoms with Crippen LogP contribution in [0.1, 0.15) is 21.6 Å². The van der Waals surface area contributed by atoms with Crippen LogP contribution in [0.5, 0.6) is 0 Å². The van der Waals surface area contributed by atoms with Gasteiger partial charge in [0, 0.05) is 38.3 Å². The third-order valence-corrected chi connectivity index (χ3v) is 4.38. The molecule has 26 heavy (non-hydrogen) atoms. The summed E-state index contributed by atoms with van der Waals surface area (Å²) in [4.78, 5) is 22.4. The number of methoxy groups -OCH3 is 1. The molecule has 0 aliphatic carbocycles. The molecule has 8 heteroatoms. The summed E-state index contributed by atoms with van der Waals surface area (Å²) < 4.78 is 4.75. The predicted molar refractivity (Wildman–Crippen MR) is 99.8 cm³/mol. The van der Waals surface area contributed by atoms with Gasteiger partial charge in [-0.25, -0.2) is 9.78 Å². The average molecular weight is 356 g/mol. The van der Waals surface area contributed by atoms with Crippen LogP contribution in [0.2, 0.25) is 0 Å². The summed E-state index contributed by atoms with van der Waals surface area (Å²) in [7, 11) is 3.34. The van der Waals surface area contributed by atoms with E-state index in [-0.39, 0.29) is 11.9 Å². The quantitative estimate of drug-likeness (QED) is 0.618. The Morgan fingerprint density at radius 1 is 1.31 bits per heavy atom. The molecule has 2 heterocycles. The zero-order chi connectivity index (χ0) is 18.5. The van der Waals surface area contributed by atoms with E-state index in [9.17, 15) is 4.79 Å². The number of benzene rings is 1. The van der Waals surface area contributed by atoms with Gasteiger partial charge in [-0.2, -0.15) is 4.98 Å². The molecule has 138 valence electrons. The van der Waals surface area contributed by atoms with Gasteiger partial charge in [-0.3, -0.25) is 0 Å². The first-order valence-electron chi connectivity index (χ1n) is 8.52. The van der Waals surface area contributed by atoms with Gasteiger partial charge in [0.15, 0.2) is 0 Å². The van der Waals surface area contributed by atoms with Crippen molar-refractivity contribution in [2.45, 2.75) is 19.1 Å². The van der Waals surface area contributed by atoms with Gasteiger partial charge < -0.3 is 26.0 Å². The molecule has 0 bridgehead atoms. The predicted octanol–water partition coefficient (Wildman–Crippen LogP) is 0.543. The molecule has 3 rings (SSSR count). The topological polar surface area (TPSA) is 105 Å². The maximum absolute atomic E-state index is 11.6. The standard InChI is InChI=1S/C18H24N6O2/c1-20-15-10-24(11-15)16-7-14(22-18(19)23-16)9-21-8-12-4-3-5-13(6-12)17(25)26-2/h3-7,15,20-21H,8-11H2,1-2H3,(H2,19,22,23). The number of aromatic nitrogens is 2. The minimum atomic E-state index is -0.338. The number of nitrogens with zero attached hydrogens (tertiary/aromatic N) is 3. The lowest BCUT2D eigenvalue weighted by Crippen LogP contribution is -2.57. The number of esters is 1. The fourth-order valence-electron chi connectivity index (χ4n) is 2.86. The molecule has 1 aliphatic heterocycles. The first kappa shape index (κ1) is 18.1. The third-order valence-electron chi connectivity index (χ3n) is 4.38. The zero-order valence-corrected chi connectivity index (χ0v) is 15.0. The highest BCUT2D eigenvalue weighted by molar-refractivity contribution is 5.89. The molecule has 1 aromatic carbocycles. The van der Waals surface area contributed by atoms with E-state index in [4.69, 9.17) is 10.5 Å². The van der Waals surface area contributed by atoms with Crippen molar-refractivity contribution < 1.29 is 9.53 Å². The molecule has 0 radical (unpaired) electrons. The van der Waals surface area contributed by atoms with Crippen molar-refractivity contribution in [3.8, 4) is 0 Å². The molecule has 1 fully saturated rings. The highest BCUT2D eigenvalue weighted by atomic mass is 16.5. The van der Waals surface area contributed by atoms with E-state index in [2.05, 4.69) is 25.5 Å². The number of carbonyl (C=O) groups is 1. The van der Waals surface area contributed by atoms with Gasteiger partial charge >= 0.3 is 5.97 Å². The van der Waals surface area contributed by atoms with Crippen molar-refractivity contribution in [3.05, 3.63) is 47.2 Å². The van der Waals surface area contributed by atoms with E-state index >= 15 is 0 Å². The summed E-state index contributed by atoms with van der Waals surface area (Å²) in [5.74, 6) is 0.794. The van der Waals surface area contributed by atoms with E-state index in [1.807, 2.05) is 31.3 Å². The largest absolute Gasteiger partial charge is 0.465 e. The van der Waals surface area contributed by atoms with E-state index < -0.39 is 0 Å². The van der Waals surface area contributed by atoms with Gasteiger partial charge in [-0.05, 0) is 24.7 Å². The number of hydrogen-bond donors (Lipinski definition) is 3. The number of nitrogen functional groups attached to an aromatic ring is 1. The second-order valence-electron chi connectivity index (χ2n) is 6.26. The number of ether oxygens (including phenoxy) is 1. The number of carbonyl (C=O) groups excluding carboxylic acids is 1. The maximum atomic E-state index is 11.6. The number of anilines is 2. The Kier molecular flexibility index (Phi) is 5.65. The van der Waals surface area contributed by atoms with Crippen LogP contribution in [-0.2, 0) is 17.8 Å². The smallest absolute Gasteiger partial charge is 0.337 e. The van der Waals surface area contributed by atoms with Gasteiger partial charge in [0.05, 0.1) is 18.4 Å². The van der Waals surface area contributed by atoms with E-state index in [0.717, 1.165) is 30.2 Å². The molecular formula is C18H24N6O2. The van der Waals surface area contributed by atoms with Crippen LogP contribution < -0.4 is 21.3 Å². The summed E-state index contributed by atoms with van der Waals surface area (Å²) in [6, 6.07) is 9.80. The van der Waals surface area contributed by atoms with Crippen molar-refractivity contribution >= 4 is 17.7 Å². The Labute approximate surface area is 152 Å². The van der Waals surface area contributed by atoms with E-state index in [1.165, 1.54) is 7.11 Å². The lowest BCUT2D eigenvalue weighted by Gasteiger charge is -2.40. The third kappa shape index (κ3) is 4.27. The monoisotopic (exact) mass is 356 g/mol. The van der Waals surface area contributed by atoms with Crippen LogP contribution in [0.25, 0.3) is 0 Å². The van der Waals surface area contributed by atoms with Crippen molar-refractivity contribution in [2.24, 2.45) is 0 Å². The van der Waals surface area contributed by atoms with Gasteiger partial charge in [-0.15, -0.1) is 0 Å². The molecular weight excluding hydrogens is 332 g/mol. The molecule has 0 saturated carbocycles. The summed E-state index contributed by atoms with van der Waals surface area (Å²) in [5, 5.41) is 6.56. The summed E-state index contributed by atoms with van der Waals surface area (Å²) in [5.41, 5.74) is 8.22. The summed E-state index contributed by atoms with van der Waals surface area (Å²) >= 11 is 0. The summed E-state index contributed by atoms with van der Waals surface area (Å²) in [6.07, 6.45) is 0. The Hall–Kier alpha value is -2.71. The minimum Gasteiger partial charge on any atom is -0.465 e. The Morgan fingerprint density at radius 3 is 2.85 bits per heavy atom. The normalized spacial score (nSPS) is 14.2. The second-order valence-corrected chi connectivity index (χ2v) is 6.26. The zero-order valence-electron chi connectivity index (χ0n) is 15.0. The molecule has 0 atom stereocenters. The lowest BCUT2D eigenvalue weighted by molar-refractivity contribution is 0.0600. The van der Waals surface area contributed by atoms with Crippen molar-refractivity contribution in [1.29, 1.82) is 0 Å². The lowest BCUT2D eigenvalue weighted by atomic mass is 10.1. The average Bonchev–Trinajstić information content (AvgIpc) is 2.60. The molecule has 0 spiro atoms. The van der Waals surface area contributed by atoms with Crippen LogP contribution >= 0.6 is 0 Å². The Morgan fingerprint density at radius 2 is 2.12 bits per heavy atom. The van der Waals surface area contributed by atoms with Crippen molar-refractivity contribution in [2.75, 3.05) is 37.9 Å². The Bertz CT molecular complexity index is 776. The van der Waals surface area contributed by atoms with Gasteiger partial charge in [0.1, 0.15) is 5.82 Å². The Balaban J connectivity index is 1.58. The molecule has 8 nitrogen and oxygen atoms in total. The van der Waals surface area contributed by atoms with Crippen LogP contribution in [0.4, 0.5) is 11.8 Å².